The smallest absolute Gasteiger partial charge is 0.319 e. The normalized spacial score (nSPS) is 24.9. The number of aliphatic hydroxyl groups excluding tert-OH is 1. The first-order valence-corrected chi connectivity index (χ1v) is 10.3. The van der Waals surface area contributed by atoms with Crippen LogP contribution in [0.2, 0.25) is 5.02 Å². The topological polar surface area (TPSA) is 99.7 Å². The SMILES string of the molecule is O=C(NCC[C@@H]1CC[C@H](NC(=O)C2CCC2)[C@@H](CO)O1)Nc1ccc(Cl)cc1. The standard InChI is InChI=1S/C20H28ClN3O4/c21-14-4-6-15(7-5-14)23-20(27)22-11-10-16-8-9-17(18(12-25)28-16)24-19(26)13-2-1-3-13/h4-7,13,16-18,25H,1-3,8-12H2,(H,24,26)(H2,22,23,27)/t16-,17-,18+/m0/s1. The van der Waals surface area contributed by atoms with Crippen molar-refractivity contribution in [2.75, 3.05) is 18.5 Å². The monoisotopic (exact) mass is 409 g/mol. The quantitative estimate of drug-likeness (QED) is 0.556. The van der Waals surface area contributed by atoms with Crippen LogP contribution in [-0.4, -0.2) is 48.4 Å². The van der Waals surface area contributed by atoms with Crippen molar-refractivity contribution in [2.45, 2.75) is 56.8 Å². The van der Waals surface area contributed by atoms with Crippen LogP contribution in [0.5, 0.6) is 0 Å². The maximum atomic E-state index is 12.1. The number of halogens is 1. The van der Waals surface area contributed by atoms with E-state index in [1.54, 1.807) is 24.3 Å². The Morgan fingerprint density at radius 3 is 2.54 bits per heavy atom. The van der Waals surface area contributed by atoms with Gasteiger partial charge >= 0.3 is 6.03 Å². The highest BCUT2D eigenvalue weighted by atomic mass is 35.5. The van der Waals surface area contributed by atoms with E-state index in [-0.39, 0.29) is 36.6 Å². The lowest BCUT2D eigenvalue weighted by Gasteiger charge is -2.37. The Hall–Kier alpha value is -1.83. The number of hydrogen-bond donors (Lipinski definition) is 4. The fraction of sp³-hybridized carbons (Fsp3) is 0.600. The maximum Gasteiger partial charge on any atom is 0.319 e. The predicted molar refractivity (Wildman–Crippen MR) is 107 cm³/mol. The average molecular weight is 410 g/mol. The van der Waals surface area contributed by atoms with Crippen molar-refractivity contribution in [2.24, 2.45) is 5.92 Å². The molecule has 1 aromatic rings. The Bertz CT molecular complexity index is 666. The molecule has 3 amide bonds. The highest BCUT2D eigenvalue weighted by Gasteiger charge is 2.34. The van der Waals surface area contributed by atoms with E-state index in [1.165, 1.54) is 0 Å². The highest BCUT2D eigenvalue weighted by Crippen LogP contribution is 2.28. The van der Waals surface area contributed by atoms with Gasteiger partial charge in [-0.15, -0.1) is 0 Å². The molecule has 0 radical (unpaired) electrons. The third-order valence-electron chi connectivity index (χ3n) is 5.45. The van der Waals surface area contributed by atoms with Crippen molar-refractivity contribution in [3.05, 3.63) is 29.3 Å². The van der Waals surface area contributed by atoms with E-state index in [4.69, 9.17) is 16.3 Å². The summed E-state index contributed by atoms with van der Waals surface area (Å²) in [4.78, 5) is 24.1. The number of ether oxygens (including phenoxy) is 1. The molecule has 7 nitrogen and oxygen atoms in total. The largest absolute Gasteiger partial charge is 0.394 e. The van der Waals surface area contributed by atoms with Crippen molar-refractivity contribution >= 4 is 29.2 Å². The van der Waals surface area contributed by atoms with Crippen LogP contribution < -0.4 is 16.0 Å². The number of benzene rings is 1. The Labute approximate surface area is 170 Å². The van der Waals surface area contributed by atoms with Gasteiger partial charge < -0.3 is 25.8 Å². The molecular formula is C20H28ClN3O4. The molecule has 2 aliphatic rings. The minimum absolute atomic E-state index is 0.0511. The summed E-state index contributed by atoms with van der Waals surface area (Å²) in [6.07, 6.45) is 4.77. The fourth-order valence-electron chi connectivity index (χ4n) is 3.54. The molecule has 4 N–H and O–H groups in total. The number of amides is 3. The van der Waals surface area contributed by atoms with E-state index in [0.29, 0.717) is 23.7 Å². The lowest BCUT2D eigenvalue weighted by molar-refractivity contribution is -0.134. The number of anilines is 1. The highest BCUT2D eigenvalue weighted by molar-refractivity contribution is 6.30. The van der Waals surface area contributed by atoms with Crippen molar-refractivity contribution in [1.29, 1.82) is 0 Å². The molecule has 3 rings (SSSR count). The second-order valence-electron chi connectivity index (χ2n) is 7.48. The van der Waals surface area contributed by atoms with Crippen LogP contribution in [0.15, 0.2) is 24.3 Å². The van der Waals surface area contributed by atoms with Gasteiger partial charge in [-0.25, -0.2) is 4.79 Å². The van der Waals surface area contributed by atoms with Gasteiger partial charge in [0.05, 0.1) is 18.8 Å². The lowest BCUT2D eigenvalue weighted by Crippen LogP contribution is -2.53. The number of rotatable bonds is 7. The van der Waals surface area contributed by atoms with Gasteiger partial charge in [0.1, 0.15) is 6.10 Å². The Balaban J connectivity index is 1.36. The number of carbonyl (C=O) groups excluding carboxylic acids is 2. The Morgan fingerprint density at radius 1 is 1.14 bits per heavy atom. The van der Waals surface area contributed by atoms with Gasteiger partial charge in [0.15, 0.2) is 0 Å². The lowest BCUT2D eigenvalue weighted by atomic mass is 9.84. The zero-order valence-electron chi connectivity index (χ0n) is 15.8. The van der Waals surface area contributed by atoms with Gasteiger partial charge in [-0.2, -0.15) is 0 Å². The molecule has 0 spiro atoms. The molecule has 2 fully saturated rings. The second-order valence-corrected chi connectivity index (χ2v) is 7.91. The Morgan fingerprint density at radius 2 is 1.89 bits per heavy atom. The molecule has 1 aliphatic heterocycles. The van der Waals surface area contributed by atoms with E-state index < -0.39 is 6.10 Å². The summed E-state index contributed by atoms with van der Waals surface area (Å²) in [6, 6.07) is 6.45. The third kappa shape index (κ3) is 5.83. The fourth-order valence-corrected chi connectivity index (χ4v) is 3.66. The summed E-state index contributed by atoms with van der Waals surface area (Å²) in [5.74, 6) is 0.206. The van der Waals surface area contributed by atoms with Crippen molar-refractivity contribution in [1.82, 2.24) is 10.6 Å². The maximum absolute atomic E-state index is 12.1. The second kappa shape index (κ2) is 10.1. The van der Waals surface area contributed by atoms with Crippen LogP contribution in [0.4, 0.5) is 10.5 Å². The van der Waals surface area contributed by atoms with Crippen LogP contribution in [0.1, 0.15) is 38.5 Å². The van der Waals surface area contributed by atoms with Crippen LogP contribution in [-0.2, 0) is 9.53 Å². The summed E-state index contributed by atoms with van der Waals surface area (Å²) in [5.41, 5.74) is 0.668. The number of nitrogens with one attached hydrogen (secondary N) is 3. The van der Waals surface area contributed by atoms with Crippen LogP contribution in [0.3, 0.4) is 0 Å². The summed E-state index contributed by atoms with van der Waals surface area (Å²) >= 11 is 5.82. The van der Waals surface area contributed by atoms with Gasteiger partial charge in [-0.3, -0.25) is 4.79 Å². The summed E-state index contributed by atoms with van der Waals surface area (Å²) in [6.45, 7) is 0.331. The molecule has 28 heavy (non-hydrogen) atoms. The molecular weight excluding hydrogens is 382 g/mol. The van der Waals surface area contributed by atoms with E-state index >= 15 is 0 Å². The number of hydrogen-bond acceptors (Lipinski definition) is 4. The molecule has 1 aliphatic carbocycles. The zero-order chi connectivity index (χ0) is 19.9. The van der Waals surface area contributed by atoms with E-state index in [1.807, 2.05) is 0 Å². The van der Waals surface area contributed by atoms with E-state index in [2.05, 4.69) is 16.0 Å². The van der Waals surface area contributed by atoms with Crippen molar-refractivity contribution in [3.63, 3.8) is 0 Å². The van der Waals surface area contributed by atoms with Crippen molar-refractivity contribution in [3.8, 4) is 0 Å². The van der Waals surface area contributed by atoms with Gasteiger partial charge in [-0.05, 0) is 56.4 Å². The number of aliphatic hydroxyl groups is 1. The first-order valence-electron chi connectivity index (χ1n) is 9.92. The van der Waals surface area contributed by atoms with Gasteiger partial charge in [0.2, 0.25) is 5.91 Å². The van der Waals surface area contributed by atoms with Crippen LogP contribution in [0.25, 0.3) is 0 Å². The minimum Gasteiger partial charge on any atom is -0.394 e. The zero-order valence-corrected chi connectivity index (χ0v) is 16.6. The predicted octanol–water partition coefficient (Wildman–Crippen LogP) is 2.68. The van der Waals surface area contributed by atoms with Crippen molar-refractivity contribution < 1.29 is 19.4 Å². The minimum atomic E-state index is -0.398. The summed E-state index contributed by atoms with van der Waals surface area (Å²) < 4.78 is 5.94. The number of urea groups is 1. The molecule has 1 saturated carbocycles. The van der Waals surface area contributed by atoms with Gasteiger partial charge in [0.25, 0.3) is 0 Å². The molecule has 1 saturated heterocycles. The van der Waals surface area contributed by atoms with Crippen LogP contribution >= 0.6 is 11.6 Å². The van der Waals surface area contributed by atoms with Gasteiger partial charge in [-0.1, -0.05) is 18.0 Å². The first-order chi connectivity index (χ1) is 13.5. The summed E-state index contributed by atoms with van der Waals surface area (Å²) in [5, 5.41) is 18.8. The number of carbonyl (C=O) groups is 2. The van der Waals surface area contributed by atoms with E-state index in [9.17, 15) is 14.7 Å². The molecule has 0 unspecified atom stereocenters. The van der Waals surface area contributed by atoms with E-state index in [0.717, 1.165) is 32.1 Å². The first kappa shape index (κ1) is 20.9. The average Bonchev–Trinajstić information content (AvgIpc) is 2.63. The summed E-state index contributed by atoms with van der Waals surface area (Å²) in [7, 11) is 0. The molecule has 0 bridgehead atoms. The molecule has 1 aromatic carbocycles. The molecule has 154 valence electrons. The Kier molecular flexibility index (Phi) is 7.53. The van der Waals surface area contributed by atoms with Crippen LogP contribution in [0, 0.1) is 5.92 Å². The molecule has 0 aromatic heterocycles. The molecule has 3 atom stereocenters. The third-order valence-corrected chi connectivity index (χ3v) is 5.71. The molecule has 8 heteroatoms. The molecule has 1 heterocycles. The van der Waals surface area contributed by atoms with Gasteiger partial charge in [0, 0.05) is 23.2 Å².